The van der Waals surface area contributed by atoms with Crippen LogP contribution in [0, 0.1) is 0 Å². The Morgan fingerprint density at radius 2 is 1.78 bits per heavy atom. The number of nitrogens with zero attached hydrogens (tertiary/aromatic N) is 2. The van der Waals surface area contributed by atoms with Crippen molar-refractivity contribution in [2.24, 2.45) is 0 Å². The predicted octanol–water partition coefficient (Wildman–Crippen LogP) is 1.53. The number of Topliss-reactive ketones (excluding diaryl/α,β-unsaturated/α-hetero) is 1. The van der Waals surface area contributed by atoms with E-state index in [0.29, 0.717) is 11.3 Å². The van der Waals surface area contributed by atoms with E-state index >= 15 is 0 Å². The molecule has 1 aromatic heterocycles. The molecular weight excluding hydrogens is 298 g/mol. The number of rotatable bonds is 5. The van der Waals surface area contributed by atoms with Crippen molar-refractivity contribution < 1.29 is 14.4 Å². The molecule has 2 rings (SSSR count). The number of ketones is 1. The Balaban J connectivity index is 1.97. The van der Waals surface area contributed by atoms with Crippen LogP contribution in [0.3, 0.4) is 0 Å². The van der Waals surface area contributed by atoms with Gasteiger partial charge in [-0.1, -0.05) is 0 Å². The summed E-state index contributed by atoms with van der Waals surface area (Å²) >= 11 is 0. The van der Waals surface area contributed by atoms with E-state index in [1.807, 2.05) is 0 Å². The van der Waals surface area contributed by atoms with E-state index in [9.17, 15) is 14.4 Å². The van der Waals surface area contributed by atoms with Crippen LogP contribution in [0.15, 0.2) is 42.2 Å². The molecule has 0 aliphatic carbocycles. The second kappa shape index (κ2) is 7.12. The van der Waals surface area contributed by atoms with Gasteiger partial charge in [0, 0.05) is 22.9 Å². The highest BCUT2D eigenvalue weighted by Crippen LogP contribution is 2.11. The summed E-state index contributed by atoms with van der Waals surface area (Å²) in [4.78, 5) is 38.6. The van der Waals surface area contributed by atoms with Crippen LogP contribution in [0.5, 0.6) is 0 Å². The Hall–Kier alpha value is -3.29. The highest BCUT2D eigenvalue weighted by Gasteiger charge is 2.09. The Labute approximate surface area is 132 Å². The molecule has 1 aromatic carbocycles. The fraction of sp³-hybridized carbons (Fsp3) is 0.133. The molecule has 2 amide bonds. The van der Waals surface area contributed by atoms with E-state index in [1.54, 1.807) is 24.3 Å². The Morgan fingerprint density at radius 3 is 2.35 bits per heavy atom. The first-order valence-corrected chi connectivity index (χ1v) is 6.72. The van der Waals surface area contributed by atoms with Crippen LogP contribution in [-0.2, 0) is 9.59 Å². The molecule has 0 atom stereocenters. The maximum absolute atomic E-state index is 12.0. The van der Waals surface area contributed by atoms with Crippen molar-refractivity contribution >= 4 is 29.2 Å². The highest BCUT2D eigenvalue weighted by atomic mass is 16.2. The molecule has 0 unspecified atom stereocenters. The lowest BCUT2D eigenvalue weighted by Crippen LogP contribution is -2.16. The molecule has 118 valence electrons. The molecule has 2 aromatic rings. The summed E-state index contributed by atoms with van der Waals surface area (Å²) in [6.45, 7) is 2.98. The summed E-state index contributed by atoms with van der Waals surface area (Å²) < 4.78 is 0. The van der Waals surface area contributed by atoms with Crippen LogP contribution < -0.4 is 10.6 Å². The van der Waals surface area contributed by atoms with Gasteiger partial charge in [-0.15, -0.1) is 0 Å². The van der Waals surface area contributed by atoms with Gasteiger partial charge in [-0.05, 0) is 38.1 Å². The minimum absolute atomic E-state index is 0.0527. The molecule has 0 radical (unpaired) electrons. The van der Waals surface area contributed by atoms with Crippen molar-refractivity contribution in [3.63, 3.8) is 0 Å². The number of H-pyrrole nitrogens is 1. The number of hydrogen-bond donors (Lipinski definition) is 3. The molecule has 0 saturated heterocycles. The number of carbonyl (C=O) groups excluding carboxylic acids is 3. The third-order valence-corrected chi connectivity index (χ3v) is 2.91. The maximum Gasteiger partial charge on any atom is 0.251 e. The van der Waals surface area contributed by atoms with Crippen LogP contribution in [0.4, 0.5) is 11.6 Å². The van der Waals surface area contributed by atoms with E-state index in [-0.39, 0.29) is 17.3 Å². The first-order valence-electron chi connectivity index (χ1n) is 6.72. The van der Waals surface area contributed by atoms with E-state index < -0.39 is 11.8 Å². The van der Waals surface area contributed by atoms with Gasteiger partial charge in [-0.3, -0.25) is 19.7 Å². The fourth-order valence-electron chi connectivity index (χ4n) is 1.70. The van der Waals surface area contributed by atoms with Gasteiger partial charge in [0.05, 0.1) is 0 Å². The van der Waals surface area contributed by atoms with E-state index in [1.165, 1.54) is 20.2 Å². The third kappa shape index (κ3) is 4.60. The van der Waals surface area contributed by atoms with Gasteiger partial charge >= 0.3 is 0 Å². The van der Waals surface area contributed by atoms with Gasteiger partial charge in [0.25, 0.3) is 11.8 Å². The first-order chi connectivity index (χ1) is 11.0. The molecular formula is C15H15N5O3. The fourth-order valence-corrected chi connectivity index (χ4v) is 1.70. The van der Waals surface area contributed by atoms with Crippen molar-refractivity contribution in [1.29, 1.82) is 0 Å². The number of nitrogens with one attached hydrogen (secondary N) is 3. The predicted molar refractivity (Wildman–Crippen MR) is 83.8 cm³/mol. The number of benzene rings is 1. The smallest absolute Gasteiger partial charge is 0.251 e. The monoisotopic (exact) mass is 313 g/mol. The summed E-state index contributed by atoms with van der Waals surface area (Å²) in [6.07, 6.45) is 2.41. The Bertz CT molecular complexity index is 748. The van der Waals surface area contributed by atoms with Crippen LogP contribution in [0.2, 0.25) is 0 Å². The Kier molecular flexibility index (Phi) is 4.98. The van der Waals surface area contributed by atoms with Crippen molar-refractivity contribution in [3.8, 4) is 0 Å². The summed E-state index contributed by atoms with van der Waals surface area (Å²) in [6, 6.07) is 6.48. The lowest BCUT2D eigenvalue weighted by Gasteiger charge is -2.06. The topological polar surface area (TPSA) is 117 Å². The molecule has 3 N–H and O–H groups in total. The SMILES string of the molecule is CC(=O)c1ccc(NC(=O)/C(C)=C\C(=O)Nc2ncn[nH]2)cc1. The molecule has 8 nitrogen and oxygen atoms in total. The number of aromatic nitrogens is 3. The number of hydrogen-bond acceptors (Lipinski definition) is 5. The number of amides is 2. The summed E-state index contributed by atoms with van der Waals surface area (Å²) in [5, 5.41) is 11.1. The molecule has 0 saturated carbocycles. The zero-order valence-corrected chi connectivity index (χ0v) is 12.6. The molecule has 0 fully saturated rings. The molecule has 0 aliphatic heterocycles. The quantitative estimate of drug-likeness (QED) is 0.571. The molecule has 23 heavy (non-hydrogen) atoms. The zero-order chi connectivity index (χ0) is 16.8. The summed E-state index contributed by atoms with van der Waals surface area (Å²) in [7, 11) is 0. The van der Waals surface area contributed by atoms with E-state index in [2.05, 4.69) is 25.8 Å². The van der Waals surface area contributed by atoms with Crippen LogP contribution in [0.1, 0.15) is 24.2 Å². The van der Waals surface area contributed by atoms with Crippen LogP contribution in [-0.4, -0.2) is 32.8 Å². The lowest BCUT2D eigenvalue weighted by molar-refractivity contribution is -0.114. The largest absolute Gasteiger partial charge is 0.322 e. The van der Waals surface area contributed by atoms with Crippen molar-refractivity contribution in [3.05, 3.63) is 47.8 Å². The van der Waals surface area contributed by atoms with Gasteiger partial charge in [0.15, 0.2) is 5.78 Å². The second-order valence-electron chi connectivity index (χ2n) is 4.74. The summed E-state index contributed by atoms with van der Waals surface area (Å²) in [5.41, 5.74) is 1.31. The average molecular weight is 313 g/mol. The molecule has 0 spiro atoms. The minimum atomic E-state index is -0.499. The number of carbonyl (C=O) groups is 3. The van der Waals surface area contributed by atoms with Gasteiger partial charge in [0.2, 0.25) is 5.95 Å². The average Bonchev–Trinajstić information content (AvgIpc) is 3.00. The van der Waals surface area contributed by atoms with E-state index in [4.69, 9.17) is 0 Å². The molecule has 0 bridgehead atoms. The second-order valence-corrected chi connectivity index (χ2v) is 4.74. The van der Waals surface area contributed by atoms with Crippen LogP contribution >= 0.6 is 0 Å². The standard InChI is InChI=1S/C15H15N5O3/c1-9(7-13(22)19-15-16-8-17-20-15)14(23)18-12-5-3-11(4-6-12)10(2)21/h3-8H,1-2H3,(H,18,23)(H2,16,17,19,20,22)/b9-7-. The molecule has 8 heteroatoms. The summed E-state index contributed by atoms with van der Waals surface area (Å²) in [5.74, 6) is -0.781. The zero-order valence-electron chi connectivity index (χ0n) is 12.6. The van der Waals surface area contributed by atoms with E-state index in [0.717, 1.165) is 6.08 Å². The Morgan fingerprint density at radius 1 is 1.09 bits per heavy atom. The number of anilines is 2. The van der Waals surface area contributed by atoms with Gasteiger partial charge in [0.1, 0.15) is 6.33 Å². The maximum atomic E-state index is 12.0. The van der Waals surface area contributed by atoms with Gasteiger partial charge in [-0.2, -0.15) is 10.1 Å². The normalized spacial score (nSPS) is 11.0. The van der Waals surface area contributed by atoms with Crippen LogP contribution in [0.25, 0.3) is 0 Å². The van der Waals surface area contributed by atoms with Crippen molar-refractivity contribution in [2.45, 2.75) is 13.8 Å². The van der Waals surface area contributed by atoms with Gasteiger partial charge < -0.3 is 5.32 Å². The van der Waals surface area contributed by atoms with Crippen molar-refractivity contribution in [1.82, 2.24) is 15.2 Å². The lowest BCUT2D eigenvalue weighted by atomic mass is 10.1. The minimum Gasteiger partial charge on any atom is -0.322 e. The van der Waals surface area contributed by atoms with Crippen molar-refractivity contribution in [2.75, 3.05) is 10.6 Å². The van der Waals surface area contributed by atoms with Gasteiger partial charge in [-0.25, -0.2) is 5.10 Å². The first kappa shape index (κ1) is 16.1. The highest BCUT2D eigenvalue weighted by molar-refractivity contribution is 6.09. The third-order valence-electron chi connectivity index (χ3n) is 2.91. The number of aromatic amines is 1. The molecule has 0 aliphatic rings. The molecule has 1 heterocycles.